The lowest BCUT2D eigenvalue weighted by Gasteiger charge is -2.34. The normalized spacial score (nSPS) is 15.6. The summed E-state index contributed by atoms with van der Waals surface area (Å²) in [5.74, 6) is -1.32. The minimum absolute atomic E-state index is 0.354. The number of fused-ring (bicyclic) bond motifs is 2. The fourth-order valence-corrected chi connectivity index (χ4v) is 4.85. The number of nitrogens with one attached hydrogen (secondary N) is 2. The molecule has 2 aromatic heterocycles. The quantitative estimate of drug-likeness (QED) is 0.420. The van der Waals surface area contributed by atoms with Gasteiger partial charge >= 0.3 is 6.18 Å². The smallest absolute Gasteiger partial charge is 0.350 e. The summed E-state index contributed by atoms with van der Waals surface area (Å²) >= 11 is 0. The Labute approximate surface area is 200 Å². The largest absolute Gasteiger partial charge is 0.451 e. The van der Waals surface area contributed by atoms with Crippen molar-refractivity contribution >= 4 is 23.0 Å². The van der Waals surface area contributed by atoms with Gasteiger partial charge in [-0.15, -0.1) is 5.10 Å². The van der Waals surface area contributed by atoms with Crippen LogP contribution >= 0.6 is 0 Å². The Bertz CT molecular complexity index is 1380. The molecule has 2 N–H and O–H groups in total. The first-order chi connectivity index (χ1) is 16.6. The van der Waals surface area contributed by atoms with Crippen molar-refractivity contribution < 1.29 is 13.2 Å². The molecule has 0 fully saturated rings. The van der Waals surface area contributed by atoms with Crippen LogP contribution in [0.25, 0.3) is 0 Å². The highest BCUT2D eigenvalue weighted by atomic mass is 19.4. The Morgan fingerprint density at radius 2 is 1.80 bits per heavy atom. The number of nitrogens with zero attached hydrogens (tertiary/aromatic N) is 5. The Morgan fingerprint density at radius 1 is 1.03 bits per heavy atom. The monoisotopic (exact) mass is 481 g/mol. The van der Waals surface area contributed by atoms with Gasteiger partial charge in [0, 0.05) is 43.0 Å². The molecule has 0 unspecified atom stereocenters. The molecule has 3 aromatic rings. The minimum Gasteiger partial charge on any atom is -0.350 e. The summed E-state index contributed by atoms with van der Waals surface area (Å²) in [6, 6.07) is 10.5. The number of hydrogen-bond acceptors (Lipinski definition) is 6. The van der Waals surface area contributed by atoms with Gasteiger partial charge in [-0.25, -0.2) is 0 Å². The van der Waals surface area contributed by atoms with Crippen LogP contribution in [0.4, 0.5) is 30.4 Å². The zero-order valence-corrected chi connectivity index (χ0v) is 19.6. The standard InChI is InChI=1S/C25H26F3N7/c1-15-16(2)23(32-35(22(15)29)24(30)25(26,27)28)33-11-9-20-18(14-33)12-19(13-31-20)34-10-5-7-17-6-3-4-8-21(17)34/h3-4,6,8,12-13,29-30H,5,7,9-11,14H2,1-2H3. The number of para-hydroxylation sites is 1. The van der Waals surface area contributed by atoms with E-state index in [1.165, 1.54) is 11.3 Å². The Hall–Kier alpha value is -3.69. The van der Waals surface area contributed by atoms with Gasteiger partial charge in [-0.2, -0.15) is 17.9 Å². The molecule has 182 valence electrons. The van der Waals surface area contributed by atoms with Gasteiger partial charge in [0.25, 0.3) is 0 Å². The van der Waals surface area contributed by atoms with Gasteiger partial charge in [-0.1, -0.05) is 18.2 Å². The average Bonchev–Trinajstić information content (AvgIpc) is 2.85. The van der Waals surface area contributed by atoms with Crippen LogP contribution in [0.2, 0.25) is 0 Å². The molecule has 10 heteroatoms. The summed E-state index contributed by atoms with van der Waals surface area (Å²) in [4.78, 5) is 8.91. The summed E-state index contributed by atoms with van der Waals surface area (Å²) in [7, 11) is 0. The molecule has 1 aromatic carbocycles. The van der Waals surface area contributed by atoms with Crippen LogP contribution in [-0.4, -0.2) is 39.9 Å². The van der Waals surface area contributed by atoms with Crippen LogP contribution in [0.15, 0.2) is 36.5 Å². The van der Waals surface area contributed by atoms with E-state index in [9.17, 15) is 13.2 Å². The summed E-state index contributed by atoms with van der Waals surface area (Å²) < 4.78 is 40.1. The van der Waals surface area contributed by atoms with E-state index in [2.05, 4.69) is 34.3 Å². The van der Waals surface area contributed by atoms with Crippen LogP contribution in [0.1, 0.15) is 34.4 Å². The van der Waals surface area contributed by atoms with Crippen molar-refractivity contribution in [3.05, 3.63) is 70.0 Å². The summed E-state index contributed by atoms with van der Waals surface area (Å²) in [5.41, 5.74) is 6.03. The fourth-order valence-electron chi connectivity index (χ4n) is 4.85. The number of hydrogen-bond donors (Lipinski definition) is 2. The zero-order chi connectivity index (χ0) is 24.9. The maximum Gasteiger partial charge on any atom is 0.451 e. The molecule has 0 spiro atoms. The molecular formula is C25H26F3N7. The minimum atomic E-state index is -4.90. The van der Waals surface area contributed by atoms with Crippen molar-refractivity contribution in [1.29, 1.82) is 10.8 Å². The lowest BCUT2D eigenvalue weighted by Crippen LogP contribution is -2.42. The third-order valence-corrected chi connectivity index (χ3v) is 6.89. The lowest BCUT2D eigenvalue weighted by atomic mass is 10.00. The SMILES string of the molecule is Cc1c(N2CCc3ncc(N4CCCc5ccccc54)cc3C2)nn(C(=N)C(F)(F)F)c(=N)c1C. The highest BCUT2D eigenvalue weighted by Gasteiger charge is 2.38. The van der Waals surface area contributed by atoms with Gasteiger partial charge in [0.15, 0.2) is 11.3 Å². The van der Waals surface area contributed by atoms with Crippen molar-refractivity contribution in [2.45, 2.75) is 45.8 Å². The molecule has 7 nitrogen and oxygen atoms in total. The van der Waals surface area contributed by atoms with Crippen molar-refractivity contribution in [2.75, 3.05) is 22.9 Å². The molecule has 0 saturated heterocycles. The van der Waals surface area contributed by atoms with Crippen molar-refractivity contribution in [3.63, 3.8) is 0 Å². The van der Waals surface area contributed by atoms with Crippen LogP contribution < -0.4 is 15.3 Å². The Kier molecular flexibility index (Phi) is 5.61. The molecular weight excluding hydrogens is 455 g/mol. The number of aryl methyl sites for hydroxylation is 1. The van der Waals surface area contributed by atoms with Gasteiger partial charge in [-0.3, -0.25) is 15.8 Å². The Balaban J connectivity index is 1.50. The molecule has 2 aliphatic rings. The second-order valence-corrected chi connectivity index (χ2v) is 9.04. The number of benzene rings is 1. The zero-order valence-electron chi connectivity index (χ0n) is 19.6. The third-order valence-electron chi connectivity index (χ3n) is 6.89. The van der Waals surface area contributed by atoms with Crippen molar-refractivity contribution in [2.24, 2.45) is 0 Å². The van der Waals surface area contributed by atoms with E-state index < -0.39 is 17.5 Å². The molecule has 0 amide bonds. The maximum absolute atomic E-state index is 13.2. The predicted octanol–water partition coefficient (Wildman–Crippen LogP) is 4.41. The molecule has 2 aliphatic heterocycles. The van der Waals surface area contributed by atoms with Gasteiger partial charge < -0.3 is 9.80 Å². The molecule has 0 bridgehead atoms. The molecule has 0 aliphatic carbocycles. The summed E-state index contributed by atoms with van der Waals surface area (Å²) in [5, 5.41) is 19.8. The number of alkyl halides is 3. The van der Waals surface area contributed by atoms with Gasteiger partial charge in [0.2, 0.25) is 5.84 Å². The molecule has 4 heterocycles. The second-order valence-electron chi connectivity index (χ2n) is 9.04. The summed E-state index contributed by atoms with van der Waals surface area (Å²) in [6.45, 7) is 5.22. The molecule has 35 heavy (non-hydrogen) atoms. The van der Waals surface area contributed by atoms with Crippen LogP contribution in [0.3, 0.4) is 0 Å². The number of pyridine rings is 1. The van der Waals surface area contributed by atoms with Gasteiger partial charge in [0.1, 0.15) is 0 Å². The number of anilines is 3. The van der Waals surface area contributed by atoms with E-state index in [1.807, 2.05) is 17.2 Å². The predicted molar refractivity (Wildman–Crippen MR) is 127 cm³/mol. The van der Waals surface area contributed by atoms with Gasteiger partial charge in [0.05, 0.1) is 11.9 Å². The van der Waals surface area contributed by atoms with Gasteiger partial charge in [-0.05, 0) is 55.5 Å². The number of rotatable bonds is 2. The first-order valence-corrected chi connectivity index (χ1v) is 11.5. The maximum atomic E-state index is 13.2. The molecule has 0 atom stereocenters. The highest BCUT2D eigenvalue weighted by molar-refractivity contribution is 5.86. The van der Waals surface area contributed by atoms with E-state index in [-0.39, 0.29) is 0 Å². The Morgan fingerprint density at radius 3 is 2.57 bits per heavy atom. The van der Waals surface area contributed by atoms with Crippen molar-refractivity contribution in [1.82, 2.24) is 14.8 Å². The van der Waals surface area contributed by atoms with Crippen LogP contribution in [0, 0.1) is 24.7 Å². The average molecular weight is 482 g/mol. The third kappa shape index (κ3) is 4.06. The highest BCUT2D eigenvalue weighted by Crippen LogP contribution is 2.35. The van der Waals surface area contributed by atoms with Crippen LogP contribution in [-0.2, 0) is 19.4 Å². The van der Waals surface area contributed by atoms with E-state index >= 15 is 0 Å². The second kappa shape index (κ2) is 8.51. The first kappa shape index (κ1) is 23.1. The van der Waals surface area contributed by atoms with E-state index in [4.69, 9.17) is 15.8 Å². The molecule has 0 saturated carbocycles. The lowest BCUT2D eigenvalue weighted by molar-refractivity contribution is -0.0632. The number of aromatic nitrogens is 3. The summed E-state index contributed by atoms with van der Waals surface area (Å²) in [6.07, 6.45) is -0.275. The van der Waals surface area contributed by atoms with E-state index in [0.717, 1.165) is 36.3 Å². The van der Waals surface area contributed by atoms with E-state index in [0.29, 0.717) is 41.1 Å². The first-order valence-electron chi connectivity index (χ1n) is 11.5. The molecule has 0 radical (unpaired) electrons. The fraction of sp³-hybridized carbons (Fsp3) is 0.360. The van der Waals surface area contributed by atoms with E-state index in [1.54, 1.807) is 13.8 Å². The van der Waals surface area contributed by atoms with Crippen molar-refractivity contribution in [3.8, 4) is 0 Å². The molecule has 5 rings (SSSR count). The number of halogens is 3. The van der Waals surface area contributed by atoms with Crippen LogP contribution in [0.5, 0.6) is 0 Å². The topological polar surface area (TPSA) is 84.9 Å².